The van der Waals surface area contributed by atoms with Crippen LogP contribution in [-0.2, 0) is 6.54 Å². The Morgan fingerprint density at radius 1 is 1.38 bits per heavy atom. The van der Waals surface area contributed by atoms with Gasteiger partial charge in [0, 0.05) is 31.5 Å². The second kappa shape index (κ2) is 7.59. The maximum atomic E-state index is 12.6. The van der Waals surface area contributed by atoms with Crippen LogP contribution in [-0.4, -0.2) is 33.9 Å². The van der Waals surface area contributed by atoms with Gasteiger partial charge in [-0.3, -0.25) is 4.79 Å². The van der Waals surface area contributed by atoms with E-state index in [2.05, 4.69) is 18.8 Å². The Morgan fingerprint density at radius 2 is 2.10 bits per heavy atom. The van der Waals surface area contributed by atoms with Gasteiger partial charge in [-0.2, -0.15) is 0 Å². The highest BCUT2D eigenvalue weighted by atomic mass is 16.3. The van der Waals surface area contributed by atoms with Crippen molar-refractivity contribution >= 4 is 5.82 Å². The van der Waals surface area contributed by atoms with E-state index in [4.69, 9.17) is 0 Å². The molecular weight excluding hydrogens is 266 g/mol. The second-order valence-electron chi connectivity index (χ2n) is 6.31. The smallest absolute Gasteiger partial charge is 0.293 e. The second-order valence-corrected chi connectivity index (χ2v) is 6.31. The van der Waals surface area contributed by atoms with Crippen molar-refractivity contribution in [3.05, 3.63) is 22.7 Å². The number of aliphatic hydroxyl groups is 1. The Hall–Kier alpha value is -1.36. The first-order valence-electron chi connectivity index (χ1n) is 8.06. The van der Waals surface area contributed by atoms with E-state index in [1.54, 1.807) is 17.0 Å². The van der Waals surface area contributed by atoms with Crippen LogP contribution < -0.4 is 10.5 Å². The topological polar surface area (TPSA) is 58.4 Å². The molecule has 1 saturated carbocycles. The average Bonchev–Trinajstić information content (AvgIpc) is 2.48. The van der Waals surface area contributed by atoms with Gasteiger partial charge in [-0.25, -0.2) is 4.98 Å². The minimum Gasteiger partial charge on any atom is -0.395 e. The van der Waals surface area contributed by atoms with Crippen molar-refractivity contribution in [2.24, 2.45) is 5.92 Å². The van der Waals surface area contributed by atoms with Crippen LogP contribution in [0.5, 0.6) is 0 Å². The van der Waals surface area contributed by atoms with Crippen LogP contribution >= 0.6 is 0 Å². The summed E-state index contributed by atoms with van der Waals surface area (Å²) in [6.45, 7) is 5.43. The van der Waals surface area contributed by atoms with Crippen molar-refractivity contribution in [1.29, 1.82) is 0 Å². The minimum atomic E-state index is -0.0368. The van der Waals surface area contributed by atoms with E-state index < -0.39 is 0 Å². The third-order valence-electron chi connectivity index (χ3n) is 4.09. The number of aromatic nitrogens is 2. The van der Waals surface area contributed by atoms with Gasteiger partial charge in [-0.1, -0.05) is 33.1 Å². The van der Waals surface area contributed by atoms with Crippen LogP contribution in [0.3, 0.4) is 0 Å². The zero-order valence-electron chi connectivity index (χ0n) is 13.2. The highest BCUT2D eigenvalue weighted by Gasteiger charge is 2.24. The van der Waals surface area contributed by atoms with Crippen molar-refractivity contribution in [2.75, 3.05) is 18.1 Å². The van der Waals surface area contributed by atoms with Crippen molar-refractivity contribution < 1.29 is 5.11 Å². The molecule has 0 bridgehead atoms. The molecule has 118 valence electrons. The molecule has 0 atom stereocenters. The van der Waals surface area contributed by atoms with Crippen molar-refractivity contribution in [1.82, 2.24) is 9.55 Å². The molecule has 21 heavy (non-hydrogen) atoms. The van der Waals surface area contributed by atoms with E-state index in [0.717, 1.165) is 12.8 Å². The summed E-state index contributed by atoms with van der Waals surface area (Å²) in [5, 5.41) is 9.36. The molecule has 0 radical (unpaired) electrons. The van der Waals surface area contributed by atoms with E-state index in [0.29, 0.717) is 30.9 Å². The van der Waals surface area contributed by atoms with E-state index in [-0.39, 0.29) is 12.2 Å². The lowest BCUT2D eigenvalue weighted by atomic mass is 9.94. The Bertz CT molecular complexity index is 493. The number of aliphatic hydroxyl groups excluding tert-OH is 1. The maximum absolute atomic E-state index is 12.6. The fraction of sp³-hybridized carbons (Fsp3) is 0.750. The van der Waals surface area contributed by atoms with Gasteiger partial charge in [-0.15, -0.1) is 0 Å². The number of nitrogens with zero attached hydrogens (tertiary/aromatic N) is 3. The molecule has 2 rings (SSSR count). The van der Waals surface area contributed by atoms with Gasteiger partial charge < -0.3 is 14.6 Å². The average molecular weight is 293 g/mol. The first kappa shape index (κ1) is 16.0. The van der Waals surface area contributed by atoms with Gasteiger partial charge in [0.1, 0.15) is 0 Å². The zero-order valence-corrected chi connectivity index (χ0v) is 13.2. The van der Waals surface area contributed by atoms with Gasteiger partial charge >= 0.3 is 0 Å². The van der Waals surface area contributed by atoms with Crippen molar-refractivity contribution in [3.8, 4) is 0 Å². The number of hydrogen-bond acceptors (Lipinski definition) is 4. The SMILES string of the molecule is CC(C)Cn1ccnc(N(CCO)C2CCCCC2)c1=O. The van der Waals surface area contributed by atoms with E-state index in [1.807, 2.05) is 4.90 Å². The lowest BCUT2D eigenvalue weighted by Gasteiger charge is -2.34. The molecular formula is C16H27N3O2. The van der Waals surface area contributed by atoms with Crippen molar-refractivity contribution in [2.45, 2.75) is 58.5 Å². The third-order valence-corrected chi connectivity index (χ3v) is 4.09. The fourth-order valence-corrected chi connectivity index (χ4v) is 3.13. The normalized spacial score (nSPS) is 16.4. The molecule has 0 unspecified atom stereocenters. The van der Waals surface area contributed by atoms with Crippen LogP contribution in [0, 0.1) is 5.92 Å². The summed E-state index contributed by atoms with van der Waals surface area (Å²) < 4.78 is 1.74. The standard InChI is InChI=1S/C16H27N3O2/c1-13(2)12-18-9-8-17-15(16(18)21)19(10-11-20)14-6-4-3-5-7-14/h8-9,13-14,20H,3-7,10-12H2,1-2H3. The fourth-order valence-electron chi connectivity index (χ4n) is 3.13. The number of hydrogen-bond donors (Lipinski definition) is 1. The largest absolute Gasteiger partial charge is 0.395 e. The molecule has 1 fully saturated rings. The molecule has 1 aliphatic carbocycles. The monoisotopic (exact) mass is 293 g/mol. The summed E-state index contributed by atoms with van der Waals surface area (Å²) in [7, 11) is 0. The molecule has 0 amide bonds. The lowest BCUT2D eigenvalue weighted by Crippen LogP contribution is -2.43. The summed E-state index contributed by atoms with van der Waals surface area (Å²) in [6.07, 6.45) is 9.28. The van der Waals surface area contributed by atoms with Crippen LogP contribution in [0.1, 0.15) is 46.0 Å². The van der Waals surface area contributed by atoms with Crippen molar-refractivity contribution in [3.63, 3.8) is 0 Å². The van der Waals surface area contributed by atoms with Gasteiger partial charge in [-0.05, 0) is 18.8 Å². The van der Waals surface area contributed by atoms with E-state index in [9.17, 15) is 9.90 Å². The Balaban J connectivity index is 2.29. The molecule has 1 aliphatic rings. The minimum absolute atomic E-state index is 0.0368. The summed E-state index contributed by atoms with van der Waals surface area (Å²) in [5.41, 5.74) is -0.0368. The van der Waals surface area contributed by atoms with Gasteiger partial charge in [0.15, 0.2) is 5.82 Å². The zero-order chi connectivity index (χ0) is 15.2. The predicted octanol–water partition coefficient (Wildman–Crippen LogP) is 2.03. The molecule has 0 aliphatic heterocycles. The Morgan fingerprint density at radius 3 is 2.71 bits per heavy atom. The molecule has 1 heterocycles. The van der Waals surface area contributed by atoms with E-state index >= 15 is 0 Å². The molecule has 5 heteroatoms. The van der Waals surface area contributed by atoms with Gasteiger partial charge in [0.2, 0.25) is 0 Å². The third kappa shape index (κ3) is 4.06. The highest BCUT2D eigenvalue weighted by molar-refractivity contribution is 5.37. The molecule has 0 aromatic carbocycles. The van der Waals surface area contributed by atoms with Crippen LogP contribution in [0.25, 0.3) is 0 Å². The molecule has 0 spiro atoms. The first-order valence-corrected chi connectivity index (χ1v) is 8.06. The summed E-state index contributed by atoms with van der Waals surface area (Å²) in [5.74, 6) is 0.915. The summed E-state index contributed by atoms with van der Waals surface area (Å²) in [6, 6.07) is 0.334. The van der Waals surface area contributed by atoms with Crippen LogP contribution in [0.4, 0.5) is 5.82 Å². The van der Waals surface area contributed by atoms with E-state index in [1.165, 1.54) is 19.3 Å². The number of rotatable bonds is 6. The summed E-state index contributed by atoms with van der Waals surface area (Å²) in [4.78, 5) is 19.0. The molecule has 1 aromatic rings. The molecule has 5 nitrogen and oxygen atoms in total. The molecule has 0 saturated heterocycles. The summed E-state index contributed by atoms with van der Waals surface area (Å²) >= 11 is 0. The van der Waals surface area contributed by atoms with Crippen LogP contribution in [0.2, 0.25) is 0 Å². The predicted molar refractivity (Wildman–Crippen MR) is 84.6 cm³/mol. The molecule has 1 N–H and O–H groups in total. The highest BCUT2D eigenvalue weighted by Crippen LogP contribution is 2.24. The number of anilines is 1. The maximum Gasteiger partial charge on any atom is 0.293 e. The molecule has 1 aromatic heterocycles. The lowest BCUT2D eigenvalue weighted by molar-refractivity contribution is 0.289. The van der Waals surface area contributed by atoms with Gasteiger partial charge in [0.25, 0.3) is 5.56 Å². The Labute approximate surface area is 126 Å². The first-order chi connectivity index (χ1) is 10.1. The van der Waals surface area contributed by atoms with Crippen LogP contribution in [0.15, 0.2) is 17.2 Å². The quantitative estimate of drug-likeness (QED) is 0.872. The Kier molecular flexibility index (Phi) is 5.79. The van der Waals surface area contributed by atoms with Gasteiger partial charge in [0.05, 0.1) is 6.61 Å².